The molecule has 3 rings (SSSR count). The van der Waals surface area contributed by atoms with Crippen LogP contribution in [0.25, 0.3) is 0 Å². The Labute approximate surface area is 193 Å². The second-order valence-electron chi connectivity index (χ2n) is 8.75. The minimum Gasteiger partial charge on any atom is -0.481 e. The second kappa shape index (κ2) is 8.80. The Morgan fingerprint density at radius 2 is 2.03 bits per heavy atom. The van der Waals surface area contributed by atoms with Crippen LogP contribution in [0.3, 0.4) is 0 Å². The summed E-state index contributed by atoms with van der Waals surface area (Å²) in [5, 5.41) is 16.9. The summed E-state index contributed by atoms with van der Waals surface area (Å²) in [7, 11) is -3.65. The third-order valence-corrected chi connectivity index (χ3v) is 6.61. The van der Waals surface area contributed by atoms with Crippen molar-refractivity contribution in [3.8, 4) is 5.75 Å². The number of pyridine rings is 1. The number of sulfone groups is 1. The third kappa shape index (κ3) is 5.66. The number of alkyl halides is 3. The molecular weight excluding hydrogens is 481 g/mol. The Morgan fingerprint density at radius 3 is 2.50 bits per heavy atom. The summed E-state index contributed by atoms with van der Waals surface area (Å²) in [5.41, 5.74) is -3.35. The van der Waals surface area contributed by atoms with Gasteiger partial charge in [0.15, 0.2) is 11.9 Å². The zero-order valence-electron chi connectivity index (χ0n) is 18.9. The maximum absolute atomic E-state index is 13.1. The SMILES string of the molecule is Cc1nc(C(C)(CS(C)(=O)=O)NC(=O)c2cc(OC(C)C(F)(F)F)c(C3(O)CCC3)cn2)no1. The topological polar surface area (TPSA) is 145 Å². The summed E-state index contributed by atoms with van der Waals surface area (Å²) >= 11 is 0. The maximum Gasteiger partial charge on any atom is 0.425 e. The van der Waals surface area contributed by atoms with Gasteiger partial charge >= 0.3 is 6.18 Å². The summed E-state index contributed by atoms with van der Waals surface area (Å²) in [4.78, 5) is 21.0. The largest absolute Gasteiger partial charge is 0.481 e. The molecule has 2 heterocycles. The van der Waals surface area contributed by atoms with Gasteiger partial charge in [0, 0.05) is 31.0 Å². The third-order valence-electron chi connectivity index (χ3n) is 5.51. The Morgan fingerprint density at radius 1 is 1.38 bits per heavy atom. The number of amides is 1. The molecule has 10 nitrogen and oxygen atoms in total. The van der Waals surface area contributed by atoms with Crippen LogP contribution in [0.1, 0.15) is 60.9 Å². The average molecular weight is 507 g/mol. The predicted octanol–water partition coefficient (Wildman–Crippen LogP) is 2.16. The van der Waals surface area contributed by atoms with Crippen molar-refractivity contribution >= 4 is 15.7 Å². The van der Waals surface area contributed by atoms with Gasteiger partial charge in [-0.3, -0.25) is 9.78 Å². The summed E-state index contributed by atoms with van der Waals surface area (Å²) < 4.78 is 73.4. The highest BCUT2D eigenvalue weighted by Gasteiger charge is 2.43. The fourth-order valence-electron chi connectivity index (χ4n) is 3.57. The van der Waals surface area contributed by atoms with Crippen LogP contribution < -0.4 is 10.1 Å². The molecule has 1 fully saturated rings. The normalized spacial score (nSPS) is 18.5. The summed E-state index contributed by atoms with van der Waals surface area (Å²) in [6.45, 7) is 3.65. The number of halogens is 3. The van der Waals surface area contributed by atoms with Crippen molar-refractivity contribution in [1.82, 2.24) is 20.4 Å². The molecule has 0 bridgehead atoms. The molecule has 188 valence electrons. The van der Waals surface area contributed by atoms with Gasteiger partial charge in [0.1, 0.15) is 26.8 Å². The van der Waals surface area contributed by atoms with Crippen molar-refractivity contribution in [3.05, 3.63) is 35.2 Å². The Kier molecular flexibility index (Phi) is 6.70. The van der Waals surface area contributed by atoms with Gasteiger partial charge < -0.3 is 19.7 Å². The van der Waals surface area contributed by atoms with E-state index in [0.717, 1.165) is 25.4 Å². The van der Waals surface area contributed by atoms with E-state index in [1.54, 1.807) is 0 Å². The molecule has 2 atom stereocenters. The lowest BCUT2D eigenvalue weighted by atomic mass is 9.75. The van der Waals surface area contributed by atoms with E-state index in [-0.39, 0.29) is 28.7 Å². The van der Waals surface area contributed by atoms with Gasteiger partial charge in [-0.15, -0.1) is 0 Å². The monoisotopic (exact) mass is 506 g/mol. The van der Waals surface area contributed by atoms with Gasteiger partial charge in [0.25, 0.3) is 5.91 Å². The molecule has 2 unspecified atom stereocenters. The van der Waals surface area contributed by atoms with Gasteiger partial charge in [-0.1, -0.05) is 5.16 Å². The van der Waals surface area contributed by atoms with Crippen LogP contribution in [-0.2, 0) is 21.0 Å². The van der Waals surface area contributed by atoms with Crippen molar-refractivity contribution in [2.75, 3.05) is 12.0 Å². The number of ether oxygens (including phenoxy) is 1. The van der Waals surface area contributed by atoms with Crippen LogP contribution in [0.4, 0.5) is 13.2 Å². The highest BCUT2D eigenvalue weighted by Crippen LogP contribution is 2.45. The van der Waals surface area contributed by atoms with E-state index in [1.807, 2.05) is 0 Å². The number of carbonyl (C=O) groups excluding carboxylic acids is 1. The molecule has 0 aromatic carbocycles. The number of hydrogen-bond acceptors (Lipinski definition) is 9. The number of aliphatic hydroxyl groups is 1. The van der Waals surface area contributed by atoms with E-state index >= 15 is 0 Å². The van der Waals surface area contributed by atoms with E-state index in [2.05, 4.69) is 20.4 Å². The highest BCUT2D eigenvalue weighted by atomic mass is 32.2. The first-order valence-corrected chi connectivity index (χ1v) is 12.4. The van der Waals surface area contributed by atoms with E-state index in [0.29, 0.717) is 19.3 Å². The fourth-order valence-corrected chi connectivity index (χ4v) is 4.82. The Bertz CT molecular complexity index is 1180. The number of carbonyl (C=O) groups is 1. The standard InChI is InChI=1S/C20H25F3N4O6S/c1-11(20(21,22)23)32-15-8-14(24-9-13(15)19(29)6-5-7-19)16(28)26-18(3,10-34(4,30)31)17-25-12(2)33-27-17/h8-9,11,29H,5-7,10H2,1-4H3,(H,26,28). The van der Waals surface area contributed by atoms with Gasteiger partial charge in [-0.2, -0.15) is 18.2 Å². The smallest absolute Gasteiger partial charge is 0.425 e. The molecule has 2 N–H and O–H groups in total. The molecule has 34 heavy (non-hydrogen) atoms. The molecule has 2 aromatic heterocycles. The van der Waals surface area contributed by atoms with Gasteiger partial charge in [0.2, 0.25) is 5.89 Å². The number of rotatable bonds is 8. The first-order valence-electron chi connectivity index (χ1n) is 10.3. The first-order chi connectivity index (χ1) is 15.5. The fraction of sp³-hybridized carbons (Fsp3) is 0.600. The molecule has 14 heteroatoms. The average Bonchev–Trinajstić information content (AvgIpc) is 3.11. The minimum atomic E-state index is -4.68. The van der Waals surface area contributed by atoms with Crippen molar-refractivity contribution in [2.45, 2.75) is 63.5 Å². The van der Waals surface area contributed by atoms with Crippen molar-refractivity contribution in [3.63, 3.8) is 0 Å². The molecule has 0 saturated heterocycles. The number of nitrogens with one attached hydrogen (secondary N) is 1. The van der Waals surface area contributed by atoms with Gasteiger partial charge in [-0.25, -0.2) is 8.42 Å². The molecule has 1 aliphatic carbocycles. The second-order valence-corrected chi connectivity index (χ2v) is 10.9. The molecule has 1 amide bonds. The molecule has 0 spiro atoms. The lowest BCUT2D eigenvalue weighted by molar-refractivity contribution is -0.190. The van der Waals surface area contributed by atoms with Crippen LogP contribution in [0.5, 0.6) is 5.75 Å². The molecule has 0 radical (unpaired) electrons. The van der Waals surface area contributed by atoms with E-state index in [1.165, 1.54) is 13.8 Å². The quantitative estimate of drug-likeness (QED) is 0.550. The van der Waals surface area contributed by atoms with Crippen molar-refractivity contribution in [2.24, 2.45) is 0 Å². The Hall–Kier alpha value is -2.74. The van der Waals surface area contributed by atoms with E-state index in [4.69, 9.17) is 9.26 Å². The van der Waals surface area contributed by atoms with Crippen LogP contribution >= 0.6 is 0 Å². The van der Waals surface area contributed by atoms with Crippen LogP contribution in [-0.4, -0.2) is 58.8 Å². The Balaban J connectivity index is 1.97. The zero-order valence-corrected chi connectivity index (χ0v) is 19.7. The lowest BCUT2D eigenvalue weighted by Gasteiger charge is -2.38. The molecule has 1 saturated carbocycles. The lowest BCUT2D eigenvalue weighted by Crippen LogP contribution is -2.49. The van der Waals surface area contributed by atoms with Crippen molar-refractivity contribution < 1.29 is 40.8 Å². The molecule has 0 aliphatic heterocycles. The van der Waals surface area contributed by atoms with Gasteiger partial charge in [-0.05, 0) is 33.1 Å². The van der Waals surface area contributed by atoms with Crippen LogP contribution in [0, 0.1) is 6.92 Å². The van der Waals surface area contributed by atoms with Gasteiger partial charge in [0.05, 0.1) is 11.4 Å². The number of nitrogens with zero attached hydrogens (tertiary/aromatic N) is 3. The summed E-state index contributed by atoms with van der Waals surface area (Å²) in [6, 6.07) is 0.992. The zero-order chi connectivity index (χ0) is 25.5. The minimum absolute atomic E-state index is 0.0408. The predicted molar refractivity (Wildman–Crippen MR) is 112 cm³/mol. The number of aromatic nitrogens is 3. The molecular formula is C20H25F3N4O6S. The highest BCUT2D eigenvalue weighted by molar-refractivity contribution is 7.90. The number of aryl methyl sites for hydroxylation is 1. The van der Waals surface area contributed by atoms with Crippen LogP contribution in [0.2, 0.25) is 0 Å². The summed E-state index contributed by atoms with van der Waals surface area (Å²) in [5.74, 6) is -1.81. The summed E-state index contributed by atoms with van der Waals surface area (Å²) in [6.07, 6.45) is -3.57. The van der Waals surface area contributed by atoms with Crippen LogP contribution in [0.15, 0.2) is 16.8 Å². The number of hydrogen-bond donors (Lipinski definition) is 2. The molecule has 2 aromatic rings. The molecule has 1 aliphatic rings. The van der Waals surface area contributed by atoms with Crippen molar-refractivity contribution in [1.29, 1.82) is 0 Å². The maximum atomic E-state index is 13.1. The van der Waals surface area contributed by atoms with E-state index < -0.39 is 44.9 Å². The first kappa shape index (κ1) is 25.9. The van der Waals surface area contributed by atoms with E-state index in [9.17, 15) is 31.5 Å².